The van der Waals surface area contributed by atoms with Gasteiger partial charge in [0.1, 0.15) is 11.1 Å². The zero-order valence-electron chi connectivity index (χ0n) is 14.3. The fourth-order valence-corrected chi connectivity index (χ4v) is 2.62. The van der Waals surface area contributed by atoms with Crippen LogP contribution in [0.4, 0.5) is 5.69 Å². The van der Waals surface area contributed by atoms with Crippen molar-refractivity contribution in [1.29, 1.82) is 0 Å². The van der Waals surface area contributed by atoms with Gasteiger partial charge in [-0.1, -0.05) is 18.2 Å². The SMILES string of the molecule is Nc1cc([O-])ccc1-c1c(OS(=O)(=O)O)oc2cc([O-])ccc2c1=O.[Na+].[Na+]. The van der Waals surface area contributed by atoms with Crippen molar-refractivity contribution >= 4 is 27.1 Å². The maximum absolute atomic E-state index is 12.7. The smallest absolute Gasteiger partial charge is 0.872 e. The maximum Gasteiger partial charge on any atom is 1.00 e. The molecule has 3 aromatic rings. The van der Waals surface area contributed by atoms with Crippen molar-refractivity contribution < 1.29 is 90.9 Å². The molecule has 0 saturated heterocycles. The Hall–Kier alpha value is -1.24. The van der Waals surface area contributed by atoms with E-state index in [0.717, 1.165) is 24.3 Å². The van der Waals surface area contributed by atoms with Crippen molar-refractivity contribution in [3.8, 4) is 28.6 Å². The minimum Gasteiger partial charge on any atom is -0.872 e. The number of rotatable bonds is 3. The van der Waals surface area contributed by atoms with Gasteiger partial charge in [0.25, 0.3) is 0 Å². The average Bonchev–Trinajstić information content (AvgIpc) is 2.47. The molecular formula is C15H9NNa2O8S. The standard InChI is InChI=1S/C15H11NO8S.2Na/c16-11-5-7(17)1-3-9(11)13-14(19)10-4-2-8(18)6-12(10)23-15(13)24-25(20,21)22;;/h1-6,17-18H,16H2,(H,20,21,22);;/q;2*+1/p-2. The molecule has 130 valence electrons. The van der Waals surface area contributed by atoms with Crippen LogP contribution < -0.4 is 84.7 Å². The predicted molar refractivity (Wildman–Crippen MR) is 83.4 cm³/mol. The van der Waals surface area contributed by atoms with Crippen LogP contribution in [0.15, 0.2) is 45.6 Å². The quantitative estimate of drug-likeness (QED) is 0.244. The topological polar surface area (TPSA) is 166 Å². The summed E-state index contributed by atoms with van der Waals surface area (Å²) >= 11 is 0. The van der Waals surface area contributed by atoms with Gasteiger partial charge in [-0.15, -0.1) is 11.5 Å². The summed E-state index contributed by atoms with van der Waals surface area (Å²) in [7, 11) is -5.04. The molecular weight excluding hydrogens is 400 g/mol. The number of nitrogens with two attached hydrogens (primary N) is 1. The molecule has 1 heterocycles. The van der Waals surface area contributed by atoms with Crippen LogP contribution >= 0.6 is 0 Å². The van der Waals surface area contributed by atoms with Crippen LogP contribution in [0.5, 0.6) is 17.4 Å². The third-order valence-electron chi connectivity index (χ3n) is 3.30. The molecule has 27 heavy (non-hydrogen) atoms. The van der Waals surface area contributed by atoms with Gasteiger partial charge in [0.2, 0.25) is 5.43 Å². The maximum atomic E-state index is 12.7. The van der Waals surface area contributed by atoms with Gasteiger partial charge < -0.3 is 24.5 Å². The average molecular weight is 409 g/mol. The first-order valence-corrected chi connectivity index (χ1v) is 8.04. The van der Waals surface area contributed by atoms with Gasteiger partial charge in [0.15, 0.2) is 0 Å². The zero-order valence-corrected chi connectivity index (χ0v) is 19.1. The van der Waals surface area contributed by atoms with E-state index in [1.54, 1.807) is 0 Å². The number of hydrogen-bond donors (Lipinski definition) is 2. The van der Waals surface area contributed by atoms with E-state index in [0.29, 0.717) is 0 Å². The van der Waals surface area contributed by atoms with Gasteiger partial charge >= 0.3 is 75.5 Å². The minimum absolute atomic E-state index is 0. The Morgan fingerprint density at radius 2 is 1.63 bits per heavy atom. The van der Waals surface area contributed by atoms with Crippen molar-refractivity contribution in [1.82, 2.24) is 0 Å². The normalized spacial score (nSPS) is 10.7. The van der Waals surface area contributed by atoms with Gasteiger partial charge in [0.05, 0.1) is 5.39 Å². The number of benzene rings is 2. The van der Waals surface area contributed by atoms with Crippen LogP contribution in [0.1, 0.15) is 0 Å². The second-order valence-corrected chi connectivity index (χ2v) is 6.03. The molecule has 0 radical (unpaired) electrons. The van der Waals surface area contributed by atoms with Gasteiger partial charge in [-0.2, -0.15) is 8.42 Å². The minimum atomic E-state index is -5.04. The van der Waals surface area contributed by atoms with E-state index >= 15 is 0 Å². The Morgan fingerprint density at radius 3 is 2.22 bits per heavy atom. The summed E-state index contributed by atoms with van der Waals surface area (Å²) in [5, 5.41) is 22.7. The molecule has 3 rings (SSSR count). The first-order valence-electron chi connectivity index (χ1n) is 6.67. The molecule has 0 spiro atoms. The third-order valence-corrected chi connectivity index (χ3v) is 3.67. The molecule has 0 amide bonds. The van der Waals surface area contributed by atoms with Gasteiger partial charge in [-0.05, 0) is 18.2 Å². The van der Waals surface area contributed by atoms with E-state index < -0.39 is 38.8 Å². The molecule has 0 bridgehead atoms. The summed E-state index contributed by atoms with van der Waals surface area (Å²) in [6.45, 7) is 0. The summed E-state index contributed by atoms with van der Waals surface area (Å²) in [4.78, 5) is 12.7. The summed E-state index contributed by atoms with van der Waals surface area (Å²) in [6.07, 6.45) is 0. The molecule has 2 aromatic carbocycles. The number of nitrogen functional groups attached to an aromatic ring is 1. The number of anilines is 1. The second kappa shape index (κ2) is 8.84. The first kappa shape index (κ1) is 23.8. The summed E-state index contributed by atoms with van der Waals surface area (Å²) in [5.74, 6) is -1.80. The molecule has 0 aliphatic heterocycles. The van der Waals surface area contributed by atoms with Crippen LogP contribution in [-0.4, -0.2) is 13.0 Å². The van der Waals surface area contributed by atoms with E-state index in [9.17, 15) is 23.4 Å². The van der Waals surface area contributed by atoms with Crippen LogP contribution in [0.2, 0.25) is 0 Å². The van der Waals surface area contributed by atoms with Crippen LogP contribution in [-0.2, 0) is 10.4 Å². The first-order chi connectivity index (χ1) is 11.7. The molecule has 0 fully saturated rings. The van der Waals surface area contributed by atoms with Crippen molar-refractivity contribution in [2.75, 3.05) is 5.73 Å². The van der Waals surface area contributed by atoms with Crippen LogP contribution in [0.3, 0.4) is 0 Å². The van der Waals surface area contributed by atoms with Crippen LogP contribution in [0.25, 0.3) is 22.1 Å². The Balaban J connectivity index is 0.00000182. The monoisotopic (exact) mass is 409 g/mol. The molecule has 12 heteroatoms. The zero-order chi connectivity index (χ0) is 18.4. The molecule has 0 unspecified atom stereocenters. The van der Waals surface area contributed by atoms with Crippen LogP contribution in [0, 0.1) is 0 Å². The molecule has 0 aliphatic rings. The second-order valence-electron chi connectivity index (χ2n) is 5.01. The van der Waals surface area contributed by atoms with Gasteiger partial charge in [-0.3, -0.25) is 9.35 Å². The molecule has 3 N–H and O–H groups in total. The van der Waals surface area contributed by atoms with Gasteiger partial charge in [-0.25, -0.2) is 0 Å². The van der Waals surface area contributed by atoms with Crippen molar-refractivity contribution in [3.05, 3.63) is 46.6 Å². The fraction of sp³-hybridized carbons (Fsp3) is 0. The van der Waals surface area contributed by atoms with E-state index in [1.807, 2.05) is 0 Å². The predicted octanol–water partition coefficient (Wildman–Crippen LogP) is -5.62. The van der Waals surface area contributed by atoms with Crippen molar-refractivity contribution in [2.24, 2.45) is 0 Å². The molecule has 0 saturated carbocycles. The molecule has 1 aromatic heterocycles. The summed E-state index contributed by atoms with van der Waals surface area (Å²) < 4.78 is 40.6. The molecule has 0 atom stereocenters. The van der Waals surface area contributed by atoms with E-state index in [1.165, 1.54) is 12.1 Å². The fourth-order valence-electron chi connectivity index (χ4n) is 2.31. The van der Waals surface area contributed by atoms with Gasteiger partial charge in [0, 0.05) is 11.3 Å². The molecule has 0 aliphatic carbocycles. The largest absolute Gasteiger partial charge is 1.00 e. The van der Waals surface area contributed by atoms with E-state index in [4.69, 9.17) is 14.7 Å². The van der Waals surface area contributed by atoms with E-state index in [-0.39, 0.29) is 81.3 Å². The van der Waals surface area contributed by atoms with Crippen molar-refractivity contribution in [3.63, 3.8) is 0 Å². The van der Waals surface area contributed by atoms with E-state index in [2.05, 4.69) is 4.18 Å². The number of fused-ring (bicyclic) bond motifs is 1. The Morgan fingerprint density at radius 1 is 1.04 bits per heavy atom. The summed E-state index contributed by atoms with van der Waals surface area (Å²) in [5.41, 5.74) is 4.16. The van der Waals surface area contributed by atoms with Crippen molar-refractivity contribution in [2.45, 2.75) is 0 Å². The Labute approximate surface area is 197 Å². The Bertz CT molecular complexity index is 1160. The number of hydrogen-bond acceptors (Lipinski definition) is 8. The molecule has 9 nitrogen and oxygen atoms in total. The summed E-state index contributed by atoms with van der Waals surface area (Å²) in [6, 6.07) is 6.60. The third kappa shape index (κ3) is 5.18. The Kier molecular flexibility index (Phi) is 7.79.